The number of thiazole rings is 1. The van der Waals surface area contributed by atoms with E-state index in [1.54, 1.807) is 0 Å². The van der Waals surface area contributed by atoms with Crippen molar-refractivity contribution in [2.24, 2.45) is 0 Å². The molecule has 0 radical (unpaired) electrons. The number of anilines is 1. The number of benzene rings is 1. The van der Waals surface area contributed by atoms with E-state index in [2.05, 4.69) is 33.2 Å². The third-order valence-electron chi connectivity index (χ3n) is 2.73. The number of nitrogens with zero attached hydrogens (tertiary/aromatic N) is 1. The summed E-state index contributed by atoms with van der Waals surface area (Å²) >= 11 is 4.84. The van der Waals surface area contributed by atoms with Crippen molar-refractivity contribution in [2.75, 3.05) is 11.9 Å². The van der Waals surface area contributed by atoms with Crippen molar-refractivity contribution >= 4 is 48.5 Å². The molecule has 0 fully saturated rings. The maximum atomic E-state index is 11.9. The highest BCUT2D eigenvalue weighted by atomic mass is 79.9. The molecule has 20 heavy (non-hydrogen) atoms. The molecule has 0 aliphatic heterocycles. The summed E-state index contributed by atoms with van der Waals surface area (Å²) in [6, 6.07) is 5.75. The molecule has 0 saturated heterocycles. The number of hydrogen-bond donors (Lipinski definition) is 1. The first kappa shape index (κ1) is 15.3. The number of fused-ring (bicyclic) bond motifs is 1. The monoisotopic (exact) mass is 356 g/mol. The topological polar surface area (TPSA) is 51.2 Å². The van der Waals surface area contributed by atoms with E-state index in [1.165, 1.54) is 11.3 Å². The maximum absolute atomic E-state index is 11.9. The fourth-order valence-electron chi connectivity index (χ4n) is 1.78. The van der Waals surface area contributed by atoms with Crippen molar-refractivity contribution < 1.29 is 9.53 Å². The van der Waals surface area contributed by atoms with Gasteiger partial charge in [0.05, 0.1) is 21.7 Å². The third kappa shape index (κ3) is 3.70. The second-order valence-corrected chi connectivity index (χ2v) is 6.46. The normalized spacial score (nSPS) is 12.3. The second kappa shape index (κ2) is 7.04. The van der Waals surface area contributed by atoms with Crippen LogP contribution in [0.25, 0.3) is 10.2 Å². The number of amides is 1. The number of alkyl halides is 1. The van der Waals surface area contributed by atoms with Crippen LogP contribution in [0.1, 0.15) is 26.7 Å². The summed E-state index contributed by atoms with van der Waals surface area (Å²) in [7, 11) is 0. The molecule has 6 heteroatoms. The van der Waals surface area contributed by atoms with Crippen molar-refractivity contribution in [3.8, 4) is 5.75 Å². The van der Waals surface area contributed by atoms with Gasteiger partial charge in [-0.25, -0.2) is 4.98 Å². The quantitative estimate of drug-likeness (QED) is 0.789. The number of halogens is 1. The molecule has 2 rings (SSSR count). The van der Waals surface area contributed by atoms with Crippen molar-refractivity contribution in [1.29, 1.82) is 0 Å². The van der Waals surface area contributed by atoms with Crippen LogP contribution >= 0.6 is 27.3 Å². The zero-order chi connectivity index (χ0) is 14.5. The van der Waals surface area contributed by atoms with Gasteiger partial charge in [-0.05, 0) is 31.5 Å². The van der Waals surface area contributed by atoms with E-state index in [-0.39, 0.29) is 10.7 Å². The molecule has 1 aromatic carbocycles. The lowest BCUT2D eigenvalue weighted by molar-refractivity contribution is -0.115. The van der Waals surface area contributed by atoms with Crippen LogP contribution in [0.5, 0.6) is 5.75 Å². The van der Waals surface area contributed by atoms with Crippen molar-refractivity contribution in [2.45, 2.75) is 31.5 Å². The van der Waals surface area contributed by atoms with Gasteiger partial charge >= 0.3 is 0 Å². The van der Waals surface area contributed by atoms with E-state index in [0.29, 0.717) is 11.7 Å². The summed E-state index contributed by atoms with van der Waals surface area (Å²) in [5.41, 5.74) is 0.871. The number of aromatic nitrogens is 1. The highest BCUT2D eigenvalue weighted by Gasteiger charge is 2.15. The van der Waals surface area contributed by atoms with Crippen molar-refractivity contribution in [1.82, 2.24) is 4.98 Å². The highest BCUT2D eigenvalue weighted by Crippen LogP contribution is 2.29. The summed E-state index contributed by atoms with van der Waals surface area (Å²) in [5.74, 6) is 0.779. The van der Waals surface area contributed by atoms with E-state index in [1.807, 2.05) is 25.1 Å². The molecule has 0 aliphatic carbocycles. The van der Waals surface area contributed by atoms with Gasteiger partial charge < -0.3 is 10.1 Å². The first-order valence-corrected chi connectivity index (χ1v) is 8.35. The number of carbonyl (C=O) groups excluding carboxylic acids is 1. The Morgan fingerprint density at radius 3 is 3.00 bits per heavy atom. The van der Waals surface area contributed by atoms with Crippen molar-refractivity contribution in [3.05, 3.63) is 18.2 Å². The molecule has 1 amide bonds. The standard InChI is InChI=1S/C14H17BrN2O2S/c1-3-5-10(15)13(18)17-14-16-11-7-6-9(19-4-2)8-12(11)20-14/h6-8,10H,3-5H2,1-2H3,(H,16,17,18). The largest absolute Gasteiger partial charge is 0.494 e. The fraction of sp³-hybridized carbons (Fsp3) is 0.429. The van der Waals surface area contributed by atoms with Gasteiger partial charge in [0.15, 0.2) is 5.13 Å². The zero-order valence-corrected chi connectivity index (χ0v) is 13.9. The average molecular weight is 357 g/mol. The minimum Gasteiger partial charge on any atom is -0.494 e. The Morgan fingerprint density at radius 2 is 2.30 bits per heavy atom. The lowest BCUT2D eigenvalue weighted by Gasteiger charge is -2.06. The van der Waals surface area contributed by atoms with Gasteiger partial charge in [-0.1, -0.05) is 40.6 Å². The average Bonchev–Trinajstić information content (AvgIpc) is 2.80. The number of carbonyl (C=O) groups is 1. The predicted octanol–water partition coefficient (Wildman–Crippen LogP) is 4.20. The zero-order valence-electron chi connectivity index (χ0n) is 11.5. The first-order chi connectivity index (χ1) is 9.63. The Labute approximate surface area is 130 Å². The van der Waals surface area contributed by atoms with Gasteiger partial charge in [-0.15, -0.1) is 0 Å². The third-order valence-corrected chi connectivity index (χ3v) is 4.53. The second-order valence-electron chi connectivity index (χ2n) is 4.33. The molecule has 1 unspecified atom stereocenters. The van der Waals surface area contributed by atoms with E-state index in [0.717, 1.165) is 28.8 Å². The molecule has 1 atom stereocenters. The van der Waals surface area contributed by atoms with Crippen LogP contribution in [0.15, 0.2) is 18.2 Å². The van der Waals surface area contributed by atoms with Gasteiger partial charge in [0, 0.05) is 0 Å². The summed E-state index contributed by atoms with van der Waals surface area (Å²) in [6.45, 7) is 4.64. The molecular formula is C14H17BrN2O2S. The molecule has 1 N–H and O–H groups in total. The molecule has 1 aromatic heterocycles. The molecule has 108 valence electrons. The Balaban J connectivity index is 2.13. The van der Waals surface area contributed by atoms with Crippen molar-refractivity contribution in [3.63, 3.8) is 0 Å². The van der Waals surface area contributed by atoms with Gasteiger partial charge in [0.25, 0.3) is 0 Å². The smallest absolute Gasteiger partial charge is 0.239 e. The number of hydrogen-bond acceptors (Lipinski definition) is 4. The van der Waals surface area contributed by atoms with Crippen LogP contribution < -0.4 is 10.1 Å². The fourth-order valence-corrected chi connectivity index (χ4v) is 3.25. The van der Waals surface area contributed by atoms with E-state index in [4.69, 9.17) is 4.74 Å². The number of nitrogens with one attached hydrogen (secondary N) is 1. The minimum atomic E-state index is -0.168. The summed E-state index contributed by atoms with van der Waals surface area (Å²) in [5, 5.41) is 3.47. The SMILES string of the molecule is CCCC(Br)C(=O)Nc1nc2ccc(OCC)cc2s1. The van der Waals surface area contributed by atoms with Crippen LogP contribution in [-0.2, 0) is 4.79 Å². The summed E-state index contributed by atoms with van der Waals surface area (Å²) in [4.78, 5) is 16.2. The van der Waals surface area contributed by atoms with Crippen LogP contribution in [0, 0.1) is 0 Å². The summed E-state index contributed by atoms with van der Waals surface area (Å²) in [6.07, 6.45) is 1.77. The molecule has 0 spiro atoms. The minimum absolute atomic E-state index is 0.0454. The number of rotatable bonds is 6. The Bertz CT molecular complexity index is 600. The van der Waals surface area contributed by atoms with E-state index < -0.39 is 0 Å². The highest BCUT2D eigenvalue weighted by molar-refractivity contribution is 9.10. The van der Waals surface area contributed by atoms with E-state index >= 15 is 0 Å². The first-order valence-electron chi connectivity index (χ1n) is 6.62. The Kier molecular flexibility index (Phi) is 5.37. The van der Waals surface area contributed by atoms with Gasteiger partial charge in [-0.3, -0.25) is 4.79 Å². The van der Waals surface area contributed by atoms with Gasteiger partial charge in [-0.2, -0.15) is 0 Å². The maximum Gasteiger partial charge on any atom is 0.239 e. The molecule has 0 bridgehead atoms. The lowest BCUT2D eigenvalue weighted by atomic mass is 10.2. The molecule has 1 heterocycles. The van der Waals surface area contributed by atoms with Crippen LogP contribution in [0.4, 0.5) is 5.13 Å². The van der Waals surface area contributed by atoms with Gasteiger partial charge in [0.2, 0.25) is 5.91 Å². The summed E-state index contributed by atoms with van der Waals surface area (Å²) < 4.78 is 6.47. The van der Waals surface area contributed by atoms with Crippen LogP contribution in [0.2, 0.25) is 0 Å². The molecular weight excluding hydrogens is 340 g/mol. The predicted molar refractivity (Wildman–Crippen MR) is 87.0 cm³/mol. The molecule has 4 nitrogen and oxygen atoms in total. The van der Waals surface area contributed by atoms with Crippen LogP contribution in [0.3, 0.4) is 0 Å². The number of ether oxygens (including phenoxy) is 1. The lowest BCUT2D eigenvalue weighted by Crippen LogP contribution is -2.22. The van der Waals surface area contributed by atoms with Crippen LogP contribution in [-0.4, -0.2) is 22.3 Å². The molecule has 0 saturated carbocycles. The molecule has 0 aliphatic rings. The van der Waals surface area contributed by atoms with E-state index in [9.17, 15) is 4.79 Å². The Morgan fingerprint density at radius 1 is 1.50 bits per heavy atom. The Hall–Kier alpha value is -1.14. The molecule has 2 aromatic rings. The van der Waals surface area contributed by atoms with Gasteiger partial charge in [0.1, 0.15) is 5.75 Å².